The number of hydrogen-bond acceptors (Lipinski definition) is 3. The fourth-order valence-electron chi connectivity index (χ4n) is 3.37. The smallest absolute Gasteiger partial charge is 0.320 e. The van der Waals surface area contributed by atoms with Crippen LogP contribution < -0.4 is 0 Å². The summed E-state index contributed by atoms with van der Waals surface area (Å²) in [4.78, 5) is 14.8. The largest absolute Gasteiger partial charge is 0.416 e. The maximum atomic E-state index is 13.2. The van der Waals surface area contributed by atoms with Crippen molar-refractivity contribution in [2.75, 3.05) is 12.3 Å². The molecule has 4 nitrogen and oxygen atoms in total. The van der Waals surface area contributed by atoms with Gasteiger partial charge in [-0.3, -0.25) is 9.48 Å². The summed E-state index contributed by atoms with van der Waals surface area (Å²) in [6, 6.07) is 12.4. The Morgan fingerprint density at radius 1 is 1.10 bits per heavy atom. The van der Waals surface area contributed by atoms with Gasteiger partial charge in [-0.1, -0.05) is 12.1 Å². The first-order chi connectivity index (χ1) is 14.2. The van der Waals surface area contributed by atoms with Gasteiger partial charge < -0.3 is 4.90 Å². The van der Waals surface area contributed by atoms with E-state index in [4.69, 9.17) is 0 Å². The molecule has 4 rings (SSSR count). The van der Waals surface area contributed by atoms with Crippen molar-refractivity contribution in [3.05, 3.63) is 77.2 Å². The van der Waals surface area contributed by atoms with Crippen LogP contribution in [0.25, 0.3) is 11.3 Å². The number of amides is 1. The number of benzene rings is 2. The number of hydrogen-bond donors (Lipinski definition) is 0. The van der Waals surface area contributed by atoms with Crippen LogP contribution in [0.1, 0.15) is 27.0 Å². The van der Waals surface area contributed by atoms with Crippen molar-refractivity contribution < 1.29 is 22.4 Å². The van der Waals surface area contributed by atoms with Crippen LogP contribution in [-0.2, 0) is 13.2 Å². The van der Waals surface area contributed by atoms with Crippen molar-refractivity contribution in [2.24, 2.45) is 7.05 Å². The van der Waals surface area contributed by atoms with Crippen LogP contribution in [0.2, 0.25) is 0 Å². The van der Waals surface area contributed by atoms with Gasteiger partial charge in [-0.25, -0.2) is 4.39 Å². The molecular formula is C21H17F4N3OS. The molecule has 0 spiro atoms. The number of carbonyl (C=O) groups excluding carboxylic acids is 1. The van der Waals surface area contributed by atoms with Gasteiger partial charge in [0.15, 0.2) is 0 Å². The molecule has 1 atom stereocenters. The summed E-state index contributed by atoms with van der Waals surface area (Å²) in [5.74, 6) is 0.0628. The van der Waals surface area contributed by atoms with Crippen molar-refractivity contribution in [1.82, 2.24) is 14.7 Å². The fourth-order valence-corrected chi connectivity index (χ4v) is 4.62. The fraction of sp³-hybridized carbons (Fsp3) is 0.238. The zero-order chi connectivity index (χ0) is 21.5. The number of halogens is 4. The Morgan fingerprint density at radius 3 is 2.40 bits per heavy atom. The molecular weight excluding hydrogens is 418 g/mol. The van der Waals surface area contributed by atoms with Crippen molar-refractivity contribution in [3.8, 4) is 11.3 Å². The number of aromatic nitrogens is 2. The Morgan fingerprint density at radius 2 is 1.77 bits per heavy atom. The van der Waals surface area contributed by atoms with Crippen LogP contribution in [0.4, 0.5) is 17.6 Å². The van der Waals surface area contributed by atoms with E-state index in [1.165, 1.54) is 40.7 Å². The minimum atomic E-state index is -4.40. The normalized spacial score (nSPS) is 16.8. The molecule has 2 heterocycles. The molecule has 1 aliphatic rings. The Kier molecular flexibility index (Phi) is 5.31. The molecule has 1 amide bonds. The molecule has 0 bridgehead atoms. The molecule has 0 N–H and O–H groups in total. The van der Waals surface area contributed by atoms with Crippen molar-refractivity contribution in [3.63, 3.8) is 0 Å². The Hall–Kier alpha value is -2.81. The standard InChI is InChI=1S/C21H17F4N3OS/c1-27-18(12-17(26-27)13-4-8-16(22)9-5-13)19(29)28-10-11-30-20(28)14-2-6-15(7-3-14)21(23,24)25/h2-9,12,20H,10-11H2,1H3. The molecule has 0 radical (unpaired) electrons. The quantitative estimate of drug-likeness (QED) is 0.535. The average Bonchev–Trinajstić information content (AvgIpc) is 3.34. The summed E-state index contributed by atoms with van der Waals surface area (Å²) >= 11 is 1.50. The third kappa shape index (κ3) is 3.94. The number of rotatable bonds is 3. The van der Waals surface area contributed by atoms with Gasteiger partial charge in [0.05, 0.1) is 11.3 Å². The van der Waals surface area contributed by atoms with Gasteiger partial charge in [-0.05, 0) is 48.0 Å². The highest BCUT2D eigenvalue weighted by Gasteiger charge is 2.34. The van der Waals surface area contributed by atoms with E-state index in [-0.39, 0.29) is 17.1 Å². The lowest BCUT2D eigenvalue weighted by atomic mass is 10.1. The Labute approximate surface area is 174 Å². The lowest BCUT2D eigenvalue weighted by Gasteiger charge is -2.24. The van der Waals surface area contributed by atoms with Crippen LogP contribution >= 0.6 is 11.8 Å². The SMILES string of the molecule is Cn1nc(-c2ccc(F)cc2)cc1C(=O)N1CCSC1c1ccc(C(F)(F)F)cc1. The molecule has 156 valence electrons. The molecule has 9 heteroatoms. The van der Waals surface area contributed by atoms with Crippen molar-refractivity contribution >= 4 is 17.7 Å². The van der Waals surface area contributed by atoms with E-state index in [1.54, 1.807) is 30.1 Å². The molecule has 1 aromatic heterocycles. The molecule has 0 aliphatic carbocycles. The lowest BCUT2D eigenvalue weighted by molar-refractivity contribution is -0.137. The number of carbonyl (C=O) groups is 1. The van der Waals surface area contributed by atoms with Crippen molar-refractivity contribution in [1.29, 1.82) is 0 Å². The third-order valence-electron chi connectivity index (χ3n) is 4.91. The number of thioether (sulfide) groups is 1. The van der Waals surface area contributed by atoms with Gasteiger partial charge in [0.2, 0.25) is 0 Å². The third-order valence-corrected chi connectivity index (χ3v) is 6.17. The van der Waals surface area contributed by atoms with E-state index in [0.717, 1.165) is 12.1 Å². The molecule has 1 aliphatic heterocycles. The summed E-state index contributed by atoms with van der Waals surface area (Å²) < 4.78 is 53.1. The molecule has 3 aromatic rings. The predicted octanol–water partition coefficient (Wildman–Crippen LogP) is 5.13. The Bertz CT molecular complexity index is 1060. The van der Waals surface area contributed by atoms with Gasteiger partial charge in [-0.2, -0.15) is 18.3 Å². The van der Waals surface area contributed by atoms with Crippen LogP contribution in [-0.4, -0.2) is 32.9 Å². The van der Waals surface area contributed by atoms with Crippen LogP contribution in [0.15, 0.2) is 54.6 Å². The summed E-state index contributed by atoms with van der Waals surface area (Å²) in [7, 11) is 1.65. The second kappa shape index (κ2) is 7.79. The minimum absolute atomic E-state index is 0.256. The second-order valence-electron chi connectivity index (χ2n) is 6.89. The molecule has 2 aromatic carbocycles. The topological polar surface area (TPSA) is 38.1 Å². The summed E-state index contributed by atoms with van der Waals surface area (Å²) in [6.07, 6.45) is -4.40. The van der Waals surface area contributed by atoms with Crippen LogP contribution in [0.5, 0.6) is 0 Å². The highest BCUT2D eigenvalue weighted by Crippen LogP contribution is 2.40. The zero-order valence-electron chi connectivity index (χ0n) is 15.9. The highest BCUT2D eigenvalue weighted by molar-refractivity contribution is 7.99. The van der Waals surface area contributed by atoms with Crippen LogP contribution in [0.3, 0.4) is 0 Å². The molecule has 1 saturated heterocycles. The van der Waals surface area contributed by atoms with E-state index >= 15 is 0 Å². The summed E-state index contributed by atoms with van der Waals surface area (Å²) in [5.41, 5.74) is 1.50. The molecule has 1 fully saturated rings. The Balaban J connectivity index is 1.59. The van der Waals surface area contributed by atoms with Gasteiger partial charge in [-0.15, -0.1) is 11.8 Å². The second-order valence-corrected chi connectivity index (χ2v) is 8.07. The highest BCUT2D eigenvalue weighted by atomic mass is 32.2. The van der Waals surface area contributed by atoms with E-state index in [2.05, 4.69) is 5.10 Å². The number of nitrogens with zero attached hydrogens (tertiary/aromatic N) is 3. The molecule has 1 unspecified atom stereocenters. The van der Waals surface area contributed by atoms with E-state index in [1.807, 2.05) is 0 Å². The average molecular weight is 435 g/mol. The lowest BCUT2D eigenvalue weighted by Crippen LogP contribution is -2.31. The zero-order valence-corrected chi connectivity index (χ0v) is 16.7. The predicted molar refractivity (Wildman–Crippen MR) is 106 cm³/mol. The first-order valence-corrected chi connectivity index (χ1v) is 10.2. The number of aryl methyl sites for hydroxylation is 1. The van der Waals surface area contributed by atoms with Gasteiger partial charge in [0.25, 0.3) is 5.91 Å². The van der Waals surface area contributed by atoms with E-state index in [0.29, 0.717) is 34.8 Å². The maximum absolute atomic E-state index is 13.2. The number of alkyl halides is 3. The molecule has 30 heavy (non-hydrogen) atoms. The molecule has 0 saturated carbocycles. The van der Waals surface area contributed by atoms with Gasteiger partial charge in [0, 0.05) is 24.9 Å². The van der Waals surface area contributed by atoms with Crippen LogP contribution in [0, 0.1) is 5.82 Å². The van der Waals surface area contributed by atoms with E-state index in [9.17, 15) is 22.4 Å². The summed E-state index contributed by atoms with van der Waals surface area (Å²) in [6.45, 7) is 0.478. The summed E-state index contributed by atoms with van der Waals surface area (Å²) in [5, 5.41) is 3.98. The van der Waals surface area contributed by atoms with E-state index < -0.39 is 11.7 Å². The maximum Gasteiger partial charge on any atom is 0.416 e. The minimum Gasteiger partial charge on any atom is -0.320 e. The van der Waals surface area contributed by atoms with Crippen molar-refractivity contribution in [2.45, 2.75) is 11.6 Å². The first-order valence-electron chi connectivity index (χ1n) is 9.14. The monoisotopic (exact) mass is 435 g/mol. The first kappa shape index (κ1) is 20.5. The van der Waals surface area contributed by atoms with Gasteiger partial charge >= 0.3 is 6.18 Å². The van der Waals surface area contributed by atoms with Gasteiger partial charge in [0.1, 0.15) is 16.9 Å².